The lowest BCUT2D eigenvalue weighted by Crippen LogP contribution is -2.30. The average Bonchev–Trinajstić information content (AvgIpc) is 3.05. The highest BCUT2D eigenvalue weighted by Crippen LogP contribution is 2.32. The molecule has 1 N–H and O–H groups in total. The minimum absolute atomic E-state index is 0.141. The number of halogens is 1. The highest BCUT2D eigenvalue weighted by molar-refractivity contribution is 9.10. The van der Waals surface area contributed by atoms with E-state index >= 15 is 0 Å². The van der Waals surface area contributed by atoms with E-state index < -0.39 is 5.97 Å². The number of carbonyl (C=O) groups is 2. The molecular weight excluding hydrogens is 378 g/mol. The molecule has 0 aliphatic carbocycles. The molecule has 1 amide bonds. The van der Waals surface area contributed by atoms with Crippen LogP contribution in [0.1, 0.15) is 15.9 Å². The first-order valence-electron chi connectivity index (χ1n) is 7.20. The molecule has 0 atom stereocenters. The summed E-state index contributed by atoms with van der Waals surface area (Å²) in [7, 11) is 0. The van der Waals surface area contributed by atoms with Crippen LogP contribution in [-0.2, 0) is 16.1 Å². The number of fused-ring (bicyclic) bond motifs is 1. The summed E-state index contributed by atoms with van der Waals surface area (Å²) in [6.07, 6.45) is 0. The van der Waals surface area contributed by atoms with Crippen molar-refractivity contribution in [3.63, 3.8) is 0 Å². The molecule has 124 valence electrons. The molecule has 0 saturated heterocycles. The Kier molecular flexibility index (Phi) is 5.00. The zero-order valence-electron chi connectivity index (χ0n) is 12.6. The van der Waals surface area contributed by atoms with Crippen molar-refractivity contribution in [1.29, 1.82) is 0 Å². The Morgan fingerprint density at radius 3 is 2.79 bits per heavy atom. The van der Waals surface area contributed by atoms with Crippen LogP contribution < -0.4 is 14.8 Å². The van der Waals surface area contributed by atoms with E-state index in [9.17, 15) is 9.59 Å². The maximum atomic E-state index is 12.0. The molecule has 6 nitrogen and oxygen atoms in total. The second-order valence-corrected chi connectivity index (χ2v) is 5.96. The standard InChI is InChI=1S/C17H14BrNO5/c18-13-3-1-2-11(6-13)9-22-16(20)8-19-17(21)12-4-5-14-15(7-12)24-10-23-14/h1-7H,8-10H2,(H,19,21). The molecule has 1 aliphatic rings. The van der Waals surface area contributed by atoms with Crippen molar-refractivity contribution < 1.29 is 23.8 Å². The summed E-state index contributed by atoms with van der Waals surface area (Å²) in [6.45, 7) is 0.0851. The predicted octanol–water partition coefficient (Wildman–Crippen LogP) is 2.65. The third kappa shape index (κ3) is 4.05. The van der Waals surface area contributed by atoms with Gasteiger partial charge in [0.05, 0.1) is 0 Å². The van der Waals surface area contributed by atoms with Crippen molar-refractivity contribution in [2.24, 2.45) is 0 Å². The van der Waals surface area contributed by atoms with Gasteiger partial charge < -0.3 is 19.5 Å². The third-order valence-electron chi connectivity index (χ3n) is 3.32. The van der Waals surface area contributed by atoms with Gasteiger partial charge in [-0.3, -0.25) is 9.59 Å². The largest absolute Gasteiger partial charge is 0.460 e. The highest BCUT2D eigenvalue weighted by atomic mass is 79.9. The second kappa shape index (κ2) is 7.35. The van der Waals surface area contributed by atoms with Gasteiger partial charge in [0.15, 0.2) is 11.5 Å². The van der Waals surface area contributed by atoms with Crippen LogP contribution in [0, 0.1) is 0 Å². The Labute approximate surface area is 146 Å². The molecule has 0 spiro atoms. The molecule has 0 saturated carbocycles. The number of nitrogens with one attached hydrogen (secondary N) is 1. The van der Waals surface area contributed by atoms with Crippen molar-refractivity contribution in [3.8, 4) is 11.5 Å². The summed E-state index contributed by atoms with van der Waals surface area (Å²) < 4.78 is 16.4. The van der Waals surface area contributed by atoms with Crippen LogP contribution in [0.2, 0.25) is 0 Å². The van der Waals surface area contributed by atoms with Crippen LogP contribution in [0.25, 0.3) is 0 Å². The Morgan fingerprint density at radius 2 is 1.96 bits per heavy atom. The first kappa shape index (κ1) is 16.3. The van der Waals surface area contributed by atoms with Gasteiger partial charge in [0.1, 0.15) is 13.2 Å². The van der Waals surface area contributed by atoms with Crippen molar-refractivity contribution in [3.05, 3.63) is 58.1 Å². The molecule has 0 fully saturated rings. The number of hydrogen-bond acceptors (Lipinski definition) is 5. The van der Waals surface area contributed by atoms with Crippen molar-refractivity contribution in [2.45, 2.75) is 6.61 Å². The van der Waals surface area contributed by atoms with E-state index in [2.05, 4.69) is 21.2 Å². The van der Waals surface area contributed by atoms with Gasteiger partial charge in [-0.05, 0) is 35.9 Å². The zero-order valence-corrected chi connectivity index (χ0v) is 14.2. The van der Waals surface area contributed by atoms with Gasteiger partial charge in [0, 0.05) is 10.0 Å². The fourth-order valence-corrected chi connectivity index (χ4v) is 2.58. The summed E-state index contributed by atoms with van der Waals surface area (Å²) in [5, 5.41) is 2.52. The van der Waals surface area contributed by atoms with Crippen molar-refractivity contribution in [2.75, 3.05) is 13.3 Å². The normalized spacial score (nSPS) is 11.9. The molecular formula is C17H14BrNO5. The van der Waals surface area contributed by atoms with E-state index in [4.69, 9.17) is 14.2 Å². The van der Waals surface area contributed by atoms with Crippen LogP contribution in [0.3, 0.4) is 0 Å². The van der Waals surface area contributed by atoms with E-state index in [0.717, 1.165) is 10.0 Å². The minimum atomic E-state index is -0.510. The highest BCUT2D eigenvalue weighted by Gasteiger charge is 2.16. The van der Waals surface area contributed by atoms with Crippen molar-refractivity contribution in [1.82, 2.24) is 5.32 Å². The van der Waals surface area contributed by atoms with Gasteiger partial charge in [-0.2, -0.15) is 0 Å². The average molecular weight is 392 g/mol. The van der Waals surface area contributed by atoms with Gasteiger partial charge in [-0.25, -0.2) is 0 Å². The van der Waals surface area contributed by atoms with Crippen LogP contribution in [0.4, 0.5) is 0 Å². The van der Waals surface area contributed by atoms with Crippen molar-refractivity contribution >= 4 is 27.8 Å². The molecule has 0 unspecified atom stereocenters. The van der Waals surface area contributed by atoms with Gasteiger partial charge in [-0.1, -0.05) is 28.1 Å². The van der Waals surface area contributed by atoms with E-state index in [0.29, 0.717) is 17.1 Å². The van der Waals surface area contributed by atoms with Crippen LogP contribution in [0.15, 0.2) is 46.9 Å². The molecule has 0 aromatic heterocycles. The maximum Gasteiger partial charge on any atom is 0.325 e. The lowest BCUT2D eigenvalue weighted by molar-refractivity contribution is -0.143. The Hall–Kier alpha value is -2.54. The summed E-state index contributed by atoms with van der Waals surface area (Å²) in [5.41, 5.74) is 1.25. The maximum absolute atomic E-state index is 12.0. The topological polar surface area (TPSA) is 73.9 Å². The fourth-order valence-electron chi connectivity index (χ4n) is 2.13. The van der Waals surface area contributed by atoms with Gasteiger partial charge in [0.25, 0.3) is 5.91 Å². The molecule has 0 radical (unpaired) electrons. The van der Waals surface area contributed by atoms with Crippen LogP contribution in [-0.4, -0.2) is 25.2 Å². The number of ether oxygens (including phenoxy) is 3. The van der Waals surface area contributed by atoms with E-state index in [1.165, 1.54) is 0 Å². The molecule has 0 bridgehead atoms. The fraction of sp³-hybridized carbons (Fsp3) is 0.176. The first-order chi connectivity index (χ1) is 11.6. The van der Waals surface area contributed by atoms with Crippen LogP contribution >= 0.6 is 15.9 Å². The lowest BCUT2D eigenvalue weighted by atomic mass is 10.2. The van der Waals surface area contributed by atoms with Gasteiger partial charge in [-0.15, -0.1) is 0 Å². The summed E-state index contributed by atoms with van der Waals surface area (Å²) in [6, 6.07) is 12.3. The first-order valence-corrected chi connectivity index (χ1v) is 7.99. The number of rotatable bonds is 5. The molecule has 2 aromatic carbocycles. The number of carbonyl (C=O) groups excluding carboxylic acids is 2. The third-order valence-corrected chi connectivity index (χ3v) is 3.81. The smallest absolute Gasteiger partial charge is 0.325 e. The van der Waals surface area contributed by atoms with Gasteiger partial charge >= 0.3 is 5.97 Å². The zero-order chi connectivity index (χ0) is 16.9. The Morgan fingerprint density at radius 1 is 1.12 bits per heavy atom. The quantitative estimate of drug-likeness (QED) is 0.793. The molecule has 1 aliphatic heterocycles. The summed E-state index contributed by atoms with van der Waals surface area (Å²) in [4.78, 5) is 23.8. The second-order valence-electron chi connectivity index (χ2n) is 5.04. The monoisotopic (exact) mass is 391 g/mol. The Bertz CT molecular complexity index is 777. The summed E-state index contributed by atoms with van der Waals surface area (Å²) >= 11 is 3.35. The summed E-state index contributed by atoms with van der Waals surface area (Å²) in [5.74, 6) is 0.219. The lowest BCUT2D eigenvalue weighted by Gasteiger charge is -2.07. The number of hydrogen-bond donors (Lipinski definition) is 1. The number of amides is 1. The van der Waals surface area contributed by atoms with E-state index in [-0.39, 0.29) is 25.9 Å². The number of benzene rings is 2. The van der Waals surface area contributed by atoms with Crippen LogP contribution in [0.5, 0.6) is 11.5 Å². The van der Waals surface area contributed by atoms with Gasteiger partial charge in [0.2, 0.25) is 6.79 Å². The minimum Gasteiger partial charge on any atom is -0.460 e. The molecule has 1 heterocycles. The SMILES string of the molecule is O=C(CNC(=O)c1ccc2c(c1)OCO2)OCc1cccc(Br)c1. The molecule has 2 aromatic rings. The molecule has 24 heavy (non-hydrogen) atoms. The predicted molar refractivity (Wildman–Crippen MR) is 88.8 cm³/mol. The molecule has 3 rings (SSSR count). The Balaban J connectivity index is 1.48. The van der Waals surface area contributed by atoms with E-state index in [1.54, 1.807) is 18.2 Å². The number of esters is 1. The molecule has 7 heteroatoms. The van der Waals surface area contributed by atoms with E-state index in [1.807, 2.05) is 24.3 Å².